The van der Waals surface area contributed by atoms with Crippen molar-refractivity contribution in [3.05, 3.63) is 97.1 Å². The van der Waals surface area contributed by atoms with Gasteiger partial charge in [0.15, 0.2) is 11.5 Å². The van der Waals surface area contributed by atoms with Crippen LogP contribution >= 0.6 is 0 Å². The number of sulfonamides is 1. The Balaban J connectivity index is 1.86. The Bertz CT molecular complexity index is 1500. The van der Waals surface area contributed by atoms with Crippen LogP contribution in [0, 0.1) is 6.92 Å². The quantitative estimate of drug-likeness (QED) is 0.160. The van der Waals surface area contributed by atoms with Gasteiger partial charge in [0, 0.05) is 17.7 Å². The van der Waals surface area contributed by atoms with Gasteiger partial charge in [0.2, 0.25) is 0 Å². The van der Waals surface area contributed by atoms with E-state index < -0.39 is 22.5 Å². The van der Waals surface area contributed by atoms with Crippen LogP contribution in [0.15, 0.2) is 96.0 Å². The number of carbonyl (C=O) groups is 1. The van der Waals surface area contributed by atoms with Crippen LogP contribution in [0.5, 0.6) is 23.0 Å². The minimum Gasteiger partial charge on any atom is -0.493 e. The minimum absolute atomic E-state index is 0.0743. The number of amides is 1. The molecule has 0 saturated carbocycles. The van der Waals surface area contributed by atoms with Gasteiger partial charge in [0.25, 0.3) is 15.9 Å². The second-order valence-corrected chi connectivity index (χ2v) is 10.4. The van der Waals surface area contributed by atoms with Crippen molar-refractivity contribution in [2.45, 2.75) is 11.8 Å². The Labute approximate surface area is 240 Å². The zero-order chi connectivity index (χ0) is 29.8. The molecule has 3 rings (SSSR count). The summed E-state index contributed by atoms with van der Waals surface area (Å²) in [4.78, 5) is 12.9. The van der Waals surface area contributed by atoms with Crippen LogP contribution in [0.1, 0.15) is 11.1 Å². The lowest BCUT2D eigenvalue weighted by molar-refractivity contribution is -0.119. The van der Waals surface area contributed by atoms with E-state index in [2.05, 4.69) is 23.7 Å². The number of anilines is 1. The molecule has 41 heavy (non-hydrogen) atoms. The number of hydrogen-bond donors (Lipinski definition) is 1. The van der Waals surface area contributed by atoms with Gasteiger partial charge in [-0.3, -0.25) is 9.10 Å². The maximum absolute atomic E-state index is 13.7. The maximum Gasteiger partial charge on any atom is 0.264 e. The second kappa shape index (κ2) is 14.6. The summed E-state index contributed by atoms with van der Waals surface area (Å²) in [5.74, 6) is 0.977. The molecule has 3 aromatic carbocycles. The van der Waals surface area contributed by atoms with Gasteiger partial charge in [-0.05, 0) is 43.3 Å². The summed E-state index contributed by atoms with van der Waals surface area (Å²) in [7, 11) is -1.33. The fraction of sp³-hybridized carbons (Fsp3) is 0.200. The van der Waals surface area contributed by atoms with Crippen molar-refractivity contribution in [1.82, 2.24) is 5.43 Å². The first kappa shape index (κ1) is 30.8. The standard InChI is InChI=1S/C30H33N3O7S/c1-6-16-39-25-13-10-23(28(18-25)40-17-7-2)20-31-32-30(34)21-33(24-11-8-22(3)9-12-24)41(35,36)26-14-15-27(37-4)29(19-26)38-5/h6-15,18-20H,1-2,16-17,21H2,3-5H3,(H,32,34)/b31-20-. The number of carbonyl (C=O) groups excluding carboxylic acids is 1. The Morgan fingerprint density at radius 3 is 2.24 bits per heavy atom. The molecule has 0 saturated heterocycles. The molecule has 0 bridgehead atoms. The lowest BCUT2D eigenvalue weighted by Crippen LogP contribution is -2.39. The highest BCUT2D eigenvalue weighted by Crippen LogP contribution is 2.32. The van der Waals surface area contributed by atoms with Gasteiger partial charge >= 0.3 is 0 Å². The molecule has 11 heteroatoms. The largest absolute Gasteiger partial charge is 0.493 e. The number of hydrogen-bond acceptors (Lipinski definition) is 8. The third-order valence-electron chi connectivity index (χ3n) is 5.65. The van der Waals surface area contributed by atoms with Crippen molar-refractivity contribution in [2.24, 2.45) is 5.10 Å². The molecule has 0 spiro atoms. The zero-order valence-corrected chi connectivity index (χ0v) is 24.0. The van der Waals surface area contributed by atoms with Crippen molar-refractivity contribution in [3.8, 4) is 23.0 Å². The van der Waals surface area contributed by atoms with E-state index in [0.717, 1.165) is 9.87 Å². The number of methoxy groups -OCH3 is 2. The van der Waals surface area contributed by atoms with Gasteiger partial charge in [-0.25, -0.2) is 13.8 Å². The maximum atomic E-state index is 13.7. The Morgan fingerprint density at radius 1 is 0.902 bits per heavy atom. The highest BCUT2D eigenvalue weighted by atomic mass is 32.2. The van der Waals surface area contributed by atoms with Crippen molar-refractivity contribution in [2.75, 3.05) is 38.3 Å². The Morgan fingerprint density at radius 2 is 1.59 bits per heavy atom. The molecule has 0 heterocycles. The van der Waals surface area contributed by atoms with E-state index in [1.807, 2.05) is 6.92 Å². The third-order valence-corrected chi connectivity index (χ3v) is 7.42. The van der Waals surface area contributed by atoms with Crippen LogP contribution in [0.2, 0.25) is 0 Å². The summed E-state index contributed by atoms with van der Waals surface area (Å²) in [5, 5.41) is 4.02. The Hall–Kier alpha value is -4.77. The van der Waals surface area contributed by atoms with Crippen LogP contribution in [0.4, 0.5) is 5.69 Å². The predicted octanol–water partition coefficient (Wildman–Crippen LogP) is 4.49. The highest BCUT2D eigenvalue weighted by molar-refractivity contribution is 7.92. The normalized spacial score (nSPS) is 11.0. The van der Waals surface area contributed by atoms with Crippen LogP contribution in [-0.2, 0) is 14.8 Å². The summed E-state index contributed by atoms with van der Waals surface area (Å²) in [5.41, 5.74) is 4.20. The SMILES string of the molecule is C=CCOc1ccc(/C=N\NC(=O)CN(c2ccc(C)cc2)S(=O)(=O)c2ccc(OC)c(OC)c2)c(OCC=C)c1. The van der Waals surface area contributed by atoms with Gasteiger partial charge in [0.1, 0.15) is 31.3 Å². The lowest BCUT2D eigenvalue weighted by Gasteiger charge is -2.24. The van der Waals surface area contributed by atoms with Gasteiger partial charge in [0.05, 0.1) is 31.0 Å². The number of ether oxygens (including phenoxy) is 4. The van der Waals surface area contributed by atoms with Crippen LogP contribution in [0.25, 0.3) is 0 Å². The minimum atomic E-state index is -4.19. The third kappa shape index (κ3) is 8.12. The smallest absolute Gasteiger partial charge is 0.264 e. The fourth-order valence-corrected chi connectivity index (χ4v) is 5.05. The summed E-state index contributed by atoms with van der Waals surface area (Å²) in [6.07, 6.45) is 4.62. The molecule has 1 amide bonds. The zero-order valence-electron chi connectivity index (χ0n) is 23.2. The first-order valence-corrected chi connectivity index (χ1v) is 13.9. The molecule has 0 aliphatic heterocycles. The van der Waals surface area contributed by atoms with Crippen molar-refractivity contribution in [3.63, 3.8) is 0 Å². The van der Waals surface area contributed by atoms with Crippen molar-refractivity contribution in [1.29, 1.82) is 0 Å². The number of nitrogens with zero attached hydrogens (tertiary/aromatic N) is 2. The molecular formula is C30H33N3O7S. The first-order valence-electron chi connectivity index (χ1n) is 12.5. The van der Waals surface area contributed by atoms with Gasteiger partial charge < -0.3 is 18.9 Å². The average Bonchev–Trinajstić information content (AvgIpc) is 2.98. The molecule has 0 aliphatic carbocycles. The van der Waals surface area contributed by atoms with E-state index in [4.69, 9.17) is 18.9 Å². The van der Waals surface area contributed by atoms with E-state index in [1.54, 1.807) is 54.6 Å². The van der Waals surface area contributed by atoms with Gasteiger partial charge in [-0.2, -0.15) is 5.10 Å². The Kier molecular flexibility index (Phi) is 10.9. The molecule has 1 N–H and O–H groups in total. The predicted molar refractivity (Wildman–Crippen MR) is 159 cm³/mol. The number of rotatable bonds is 15. The van der Waals surface area contributed by atoms with E-state index in [-0.39, 0.29) is 17.3 Å². The van der Waals surface area contributed by atoms with Crippen LogP contribution < -0.4 is 28.7 Å². The number of hydrazone groups is 1. The second-order valence-electron chi connectivity index (χ2n) is 8.56. The summed E-state index contributed by atoms with van der Waals surface area (Å²) >= 11 is 0. The molecule has 3 aromatic rings. The van der Waals surface area contributed by atoms with Gasteiger partial charge in [-0.15, -0.1) is 0 Å². The average molecular weight is 580 g/mol. The summed E-state index contributed by atoms with van der Waals surface area (Å²) in [6.45, 7) is 9.20. The molecule has 0 aromatic heterocycles. The van der Waals surface area contributed by atoms with Crippen molar-refractivity contribution < 1.29 is 32.2 Å². The number of nitrogens with one attached hydrogen (secondary N) is 1. The van der Waals surface area contributed by atoms with E-state index in [9.17, 15) is 13.2 Å². The van der Waals surface area contributed by atoms with Crippen molar-refractivity contribution >= 4 is 27.8 Å². The lowest BCUT2D eigenvalue weighted by atomic mass is 10.2. The molecule has 0 radical (unpaired) electrons. The summed E-state index contributed by atoms with van der Waals surface area (Å²) in [6, 6.07) is 16.1. The first-order chi connectivity index (χ1) is 19.7. The van der Waals surface area contributed by atoms with Crippen LogP contribution in [-0.4, -0.2) is 54.5 Å². The highest BCUT2D eigenvalue weighted by Gasteiger charge is 2.28. The van der Waals surface area contributed by atoms with Gasteiger partial charge in [-0.1, -0.05) is 43.0 Å². The number of benzene rings is 3. The molecule has 216 valence electrons. The molecule has 10 nitrogen and oxygen atoms in total. The number of aryl methyl sites for hydroxylation is 1. The summed E-state index contributed by atoms with van der Waals surface area (Å²) < 4.78 is 50.2. The fourth-order valence-electron chi connectivity index (χ4n) is 3.61. The van der Waals surface area contributed by atoms with E-state index in [1.165, 1.54) is 38.6 Å². The molecule has 0 unspecified atom stereocenters. The molecule has 0 atom stereocenters. The van der Waals surface area contributed by atoms with Crippen LogP contribution in [0.3, 0.4) is 0 Å². The molecule has 0 aliphatic rings. The molecule has 0 fully saturated rings. The van der Waals surface area contributed by atoms with E-state index in [0.29, 0.717) is 35.1 Å². The monoisotopic (exact) mass is 579 g/mol. The molecular weight excluding hydrogens is 546 g/mol. The van der Waals surface area contributed by atoms with E-state index >= 15 is 0 Å². The topological polar surface area (TPSA) is 116 Å².